The second kappa shape index (κ2) is 10.7. The minimum Gasteiger partial charge on any atom is -0.497 e. The topological polar surface area (TPSA) is 103 Å². The average molecular weight is 509 g/mol. The second-order valence-electron chi connectivity index (χ2n) is 7.71. The van der Waals surface area contributed by atoms with Crippen LogP contribution in [0.5, 0.6) is 5.75 Å². The van der Waals surface area contributed by atoms with Crippen molar-refractivity contribution in [1.82, 2.24) is 14.8 Å². The maximum atomic E-state index is 13.1. The average Bonchev–Trinajstić information content (AvgIpc) is 3.25. The first-order chi connectivity index (χ1) is 16.9. The summed E-state index contributed by atoms with van der Waals surface area (Å²) in [5, 5.41) is 11.6. The van der Waals surface area contributed by atoms with Crippen molar-refractivity contribution in [2.24, 2.45) is 0 Å². The van der Waals surface area contributed by atoms with Gasteiger partial charge in [0.2, 0.25) is 5.91 Å². The molecule has 180 valence electrons. The van der Waals surface area contributed by atoms with Crippen LogP contribution in [0.25, 0.3) is 5.69 Å². The number of benzene rings is 3. The molecule has 0 saturated heterocycles. The Bertz CT molecular complexity index is 1400. The molecule has 1 amide bonds. The Morgan fingerprint density at radius 1 is 0.971 bits per heavy atom. The highest BCUT2D eigenvalue weighted by Crippen LogP contribution is 2.25. The monoisotopic (exact) mass is 508 g/mol. The number of para-hydroxylation sites is 1. The van der Waals surface area contributed by atoms with E-state index in [9.17, 15) is 13.2 Å². The number of amides is 1. The van der Waals surface area contributed by atoms with E-state index in [4.69, 9.17) is 4.74 Å². The number of thioether (sulfide) groups is 1. The Hall–Kier alpha value is -3.63. The Balaban J connectivity index is 1.54. The molecule has 0 radical (unpaired) electrons. The summed E-state index contributed by atoms with van der Waals surface area (Å²) in [5.74, 6) is 0.492. The van der Waals surface area contributed by atoms with E-state index in [0.717, 1.165) is 5.56 Å². The maximum Gasteiger partial charge on any atom is 0.234 e. The summed E-state index contributed by atoms with van der Waals surface area (Å²) < 4.78 is 32.9. The molecule has 0 saturated carbocycles. The van der Waals surface area contributed by atoms with Gasteiger partial charge in [0.05, 0.1) is 17.8 Å². The number of rotatable bonds is 9. The van der Waals surface area contributed by atoms with Crippen molar-refractivity contribution < 1.29 is 17.9 Å². The van der Waals surface area contributed by atoms with Crippen molar-refractivity contribution in [3.05, 3.63) is 90.3 Å². The van der Waals surface area contributed by atoms with Crippen LogP contribution in [0.4, 0.5) is 5.69 Å². The van der Waals surface area contributed by atoms with E-state index >= 15 is 0 Å². The fourth-order valence-corrected chi connectivity index (χ4v) is 5.34. The van der Waals surface area contributed by atoms with Gasteiger partial charge < -0.3 is 10.1 Å². The lowest BCUT2D eigenvalue weighted by atomic mass is 10.2. The molecule has 0 aliphatic rings. The van der Waals surface area contributed by atoms with Crippen LogP contribution in [0.2, 0.25) is 0 Å². The molecule has 4 aromatic rings. The van der Waals surface area contributed by atoms with E-state index in [-0.39, 0.29) is 28.1 Å². The van der Waals surface area contributed by atoms with Gasteiger partial charge in [-0.2, -0.15) is 0 Å². The molecule has 10 heteroatoms. The second-order valence-corrected chi connectivity index (χ2v) is 10.6. The third-order valence-electron chi connectivity index (χ3n) is 5.12. The number of nitrogens with one attached hydrogen (secondary N) is 1. The number of nitrogens with zero attached hydrogens (tertiary/aromatic N) is 3. The van der Waals surface area contributed by atoms with Crippen LogP contribution in [-0.2, 0) is 20.4 Å². The highest BCUT2D eigenvalue weighted by molar-refractivity contribution is 7.99. The Morgan fingerprint density at radius 2 is 1.66 bits per heavy atom. The zero-order valence-electron chi connectivity index (χ0n) is 19.2. The van der Waals surface area contributed by atoms with Crippen molar-refractivity contribution in [1.29, 1.82) is 0 Å². The van der Waals surface area contributed by atoms with E-state index in [0.29, 0.717) is 22.3 Å². The van der Waals surface area contributed by atoms with Crippen LogP contribution in [-0.4, -0.2) is 42.0 Å². The van der Waals surface area contributed by atoms with Gasteiger partial charge in [-0.3, -0.25) is 9.36 Å². The van der Waals surface area contributed by atoms with E-state index in [1.807, 2.05) is 37.3 Å². The van der Waals surface area contributed by atoms with Crippen molar-refractivity contribution in [2.45, 2.75) is 22.7 Å². The zero-order chi connectivity index (χ0) is 24.8. The smallest absolute Gasteiger partial charge is 0.234 e. The van der Waals surface area contributed by atoms with E-state index in [1.165, 1.54) is 11.8 Å². The number of hydrogen-bond acceptors (Lipinski definition) is 7. The predicted octanol–water partition coefficient (Wildman–Crippen LogP) is 4.29. The summed E-state index contributed by atoms with van der Waals surface area (Å²) in [6.45, 7) is 1.90. The van der Waals surface area contributed by atoms with Crippen LogP contribution in [0.15, 0.2) is 88.9 Å². The Kier molecular flexibility index (Phi) is 7.52. The SMILES string of the molecule is COc1ccc(NC(=O)CSc2nnc(CS(=O)(=O)c3ccc(C)cc3)n2-c2ccccc2)cc1. The Morgan fingerprint density at radius 3 is 2.31 bits per heavy atom. The van der Waals surface area contributed by atoms with Gasteiger partial charge in [-0.05, 0) is 55.5 Å². The molecule has 0 bridgehead atoms. The molecule has 0 aliphatic carbocycles. The maximum absolute atomic E-state index is 13.1. The lowest BCUT2D eigenvalue weighted by Gasteiger charge is -2.11. The lowest BCUT2D eigenvalue weighted by Crippen LogP contribution is -2.15. The molecule has 1 N–H and O–H groups in total. The summed E-state index contributed by atoms with van der Waals surface area (Å²) in [5.41, 5.74) is 2.33. The van der Waals surface area contributed by atoms with Gasteiger partial charge in [-0.25, -0.2) is 8.42 Å². The fourth-order valence-electron chi connectivity index (χ4n) is 3.32. The van der Waals surface area contributed by atoms with E-state index in [1.54, 1.807) is 60.2 Å². The van der Waals surface area contributed by atoms with Crippen molar-refractivity contribution in [3.8, 4) is 11.4 Å². The molecule has 1 heterocycles. The molecule has 0 spiro atoms. The Labute approximate surface area is 208 Å². The first-order valence-electron chi connectivity index (χ1n) is 10.7. The zero-order valence-corrected chi connectivity index (χ0v) is 20.8. The van der Waals surface area contributed by atoms with Crippen LogP contribution >= 0.6 is 11.8 Å². The molecule has 8 nitrogen and oxygen atoms in total. The number of aryl methyl sites for hydroxylation is 1. The van der Waals surface area contributed by atoms with Gasteiger partial charge >= 0.3 is 0 Å². The van der Waals surface area contributed by atoms with Crippen LogP contribution in [0, 0.1) is 6.92 Å². The standard InChI is InChI=1S/C25H24N4O4S2/c1-18-8-14-22(15-9-18)35(31,32)17-23-27-28-25(29(23)20-6-4-3-5-7-20)34-16-24(30)26-19-10-12-21(33-2)13-11-19/h3-15H,16-17H2,1-2H3,(H,26,30). The number of anilines is 1. The van der Waals surface area contributed by atoms with Crippen molar-refractivity contribution in [3.63, 3.8) is 0 Å². The molecule has 1 aromatic heterocycles. The first kappa shape index (κ1) is 24.5. The van der Waals surface area contributed by atoms with Gasteiger partial charge in [-0.15, -0.1) is 10.2 Å². The van der Waals surface area contributed by atoms with Gasteiger partial charge in [0, 0.05) is 11.4 Å². The normalized spacial score (nSPS) is 11.3. The van der Waals surface area contributed by atoms with Gasteiger partial charge in [0.25, 0.3) is 0 Å². The molecule has 0 aliphatic heterocycles. The number of hydrogen-bond donors (Lipinski definition) is 1. The lowest BCUT2D eigenvalue weighted by molar-refractivity contribution is -0.113. The summed E-state index contributed by atoms with van der Waals surface area (Å²) in [6, 6.07) is 23.0. The number of carbonyl (C=O) groups excluding carboxylic acids is 1. The molecule has 35 heavy (non-hydrogen) atoms. The van der Waals surface area contributed by atoms with Crippen LogP contribution in [0.3, 0.4) is 0 Å². The minimum absolute atomic E-state index is 0.0711. The molecule has 4 rings (SSSR count). The largest absolute Gasteiger partial charge is 0.497 e. The third kappa shape index (κ3) is 6.09. The third-order valence-corrected chi connectivity index (χ3v) is 7.68. The number of methoxy groups -OCH3 is 1. The predicted molar refractivity (Wildman–Crippen MR) is 136 cm³/mol. The van der Waals surface area contributed by atoms with Crippen molar-refractivity contribution >= 4 is 33.2 Å². The highest BCUT2D eigenvalue weighted by Gasteiger charge is 2.23. The quantitative estimate of drug-likeness (QED) is 0.337. The van der Waals surface area contributed by atoms with E-state index < -0.39 is 9.84 Å². The molecule has 0 unspecified atom stereocenters. The molecular formula is C25H24N4O4S2. The molecule has 3 aromatic carbocycles. The molecule has 0 atom stereocenters. The van der Waals surface area contributed by atoms with Crippen LogP contribution < -0.4 is 10.1 Å². The summed E-state index contributed by atoms with van der Waals surface area (Å²) >= 11 is 1.18. The molecule has 0 fully saturated rings. The number of aromatic nitrogens is 3. The fraction of sp³-hybridized carbons (Fsp3) is 0.160. The summed E-state index contributed by atoms with van der Waals surface area (Å²) in [6.07, 6.45) is 0. The number of ether oxygens (including phenoxy) is 1. The minimum atomic E-state index is -3.65. The number of sulfone groups is 1. The van der Waals surface area contributed by atoms with Crippen LogP contribution in [0.1, 0.15) is 11.4 Å². The number of carbonyl (C=O) groups is 1. The molecular weight excluding hydrogens is 484 g/mol. The summed E-state index contributed by atoms with van der Waals surface area (Å²) in [7, 11) is -2.07. The van der Waals surface area contributed by atoms with Gasteiger partial charge in [0.1, 0.15) is 11.5 Å². The first-order valence-corrected chi connectivity index (χ1v) is 13.4. The van der Waals surface area contributed by atoms with E-state index in [2.05, 4.69) is 15.5 Å². The van der Waals surface area contributed by atoms with Gasteiger partial charge in [0.15, 0.2) is 20.8 Å². The van der Waals surface area contributed by atoms with Gasteiger partial charge in [-0.1, -0.05) is 47.7 Å². The highest BCUT2D eigenvalue weighted by atomic mass is 32.2. The summed E-state index contributed by atoms with van der Waals surface area (Å²) in [4.78, 5) is 12.7. The van der Waals surface area contributed by atoms with Crippen molar-refractivity contribution in [2.75, 3.05) is 18.2 Å².